The first-order chi connectivity index (χ1) is 8.19. The molecular weight excluding hydrogens is 225 g/mol. The zero-order chi connectivity index (χ0) is 12.3. The van der Waals surface area contributed by atoms with Crippen LogP contribution in [0.2, 0.25) is 0 Å². The fraction of sp³-hybridized carbons (Fsp3) is 0. The van der Waals surface area contributed by atoms with Gasteiger partial charge in [0, 0.05) is 11.8 Å². The standard InChI is InChI=1S/C10H8FN5O/c1-2-16-14-10(13-15-16)12-9(17)7-3-5-8(11)6-4-7/h2-6H,1H2,(H,12,14,17). The highest BCUT2D eigenvalue weighted by molar-refractivity contribution is 6.03. The molecule has 0 fully saturated rings. The third-order valence-corrected chi connectivity index (χ3v) is 1.92. The van der Waals surface area contributed by atoms with Crippen molar-refractivity contribution in [3.63, 3.8) is 0 Å². The Morgan fingerprint density at radius 3 is 2.71 bits per heavy atom. The fourth-order valence-corrected chi connectivity index (χ4v) is 1.13. The summed E-state index contributed by atoms with van der Waals surface area (Å²) in [6.45, 7) is 3.43. The lowest BCUT2D eigenvalue weighted by Gasteiger charge is -1.99. The van der Waals surface area contributed by atoms with Gasteiger partial charge in [0.25, 0.3) is 11.9 Å². The topological polar surface area (TPSA) is 72.7 Å². The van der Waals surface area contributed by atoms with Crippen molar-refractivity contribution in [1.82, 2.24) is 20.2 Å². The minimum absolute atomic E-state index is 0.0548. The van der Waals surface area contributed by atoms with Gasteiger partial charge in [0.05, 0.1) is 0 Å². The summed E-state index contributed by atoms with van der Waals surface area (Å²) in [4.78, 5) is 12.8. The molecular formula is C10H8FN5O. The van der Waals surface area contributed by atoms with Gasteiger partial charge >= 0.3 is 0 Å². The number of aromatic nitrogens is 4. The summed E-state index contributed by atoms with van der Waals surface area (Å²) in [5.41, 5.74) is 0.307. The van der Waals surface area contributed by atoms with Crippen molar-refractivity contribution in [3.05, 3.63) is 42.2 Å². The predicted octanol–water partition coefficient (Wildman–Crippen LogP) is 1.17. The quantitative estimate of drug-likeness (QED) is 0.863. The Kier molecular flexibility index (Phi) is 2.91. The molecule has 0 spiro atoms. The summed E-state index contributed by atoms with van der Waals surface area (Å²) in [7, 11) is 0. The van der Waals surface area contributed by atoms with Crippen LogP contribution in [0.5, 0.6) is 0 Å². The molecule has 0 unspecified atom stereocenters. The molecule has 0 saturated carbocycles. The molecule has 0 radical (unpaired) electrons. The van der Waals surface area contributed by atoms with Crippen LogP contribution in [0.1, 0.15) is 10.4 Å². The van der Waals surface area contributed by atoms with Crippen molar-refractivity contribution in [2.45, 2.75) is 0 Å². The zero-order valence-corrected chi connectivity index (χ0v) is 8.67. The van der Waals surface area contributed by atoms with Gasteiger partial charge < -0.3 is 0 Å². The Hall–Kier alpha value is -2.57. The molecule has 17 heavy (non-hydrogen) atoms. The van der Waals surface area contributed by atoms with Crippen molar-refractivity contribution < 1.29 is 9.18 Å². The van der Waals surface area contributed by atoms with Crippen LogP contribution in [0.25, 0.3) is 6.20 Å². The van der Waals surface area contributed by atoms with Crippen LogP contribution in [0.15, 0.2) is 30.8 Å². The van der Waals surface area contributed by atoms with E-state index in [1.807, 2.05) is 0 Å². The number of benzene rings is 1. The van der Waals surface area contributed by atoms with E-state index in [9.17, 15) is 9.18 Å². The Balaban J connectivity index is 2.11. The van der Waals surface area contributed by atoms with Crippen molar-refractivity contribution in [2.75, 3.05) is 5.32 Å². The SMILES string of the molecule is C=Cn1nnc(NC(=O)c2ccc(F)cc2)n1. The molecule has 1 N–H and O–H groups in total. The molecule has 2 aromatic rings. The molecule has 0 aliphatic carbocycles. The molecule has 2 rings (SSSR count). The van der Waals surface area contributed by atoms with Crippen LogP contribution in [0, 0.1) is 5.82 Å². The third-order valence-electron chi connectivity index (χ3n) is 1.92. The second-order valence-corrected chi connectivity index (χ2v) is 3.08. The number of halogens is 1. The minimum atomic E-state index is -0.436. The monoisotopic (exact) mass is 233 g/mol. The smallest absolute Gasteiger partial charge is 0.270 e. The Bertz CT molecular complexity index is 548. The predicted molar refractivity (Wildman–Crippen MR) is 58.6 cm³/mol. The average Bonchev–Trinajstić information content (AvgIpc) is 2.77. The molecule has 1 aromatic heterocycles. The van der Waals surface area contributed by atoms with Crippen molar-refractivity contribution in [3.8, 4) is 0 Å². The van der Waals surface area contributed by atoms with E-state index in [1.165, 1.54) is 30.5 Å². The Labute approximate surface area is 95.8 Å². The van der Waals surface area contributed by atoms with Gasteiger partial charge in [-0.25, -0.2) is 4.39 Å². The van der Waals surface area contributed by atoms with E-state index in [1.54, 1.807) is 0 Å². The molecule has 6 nitrogen and oxygen atoms in total. The molecule has 7 heteroatoms. The third kappa shape index (κ3) is 2.51. The number of tetrazole rings is 1. The first-order valence-electron chi connectivity index (χ1n) is 4.68. The van der Waals surface area contributed by atoms with E-state index in [4.69, 9.17) is 0 Å². The number of amides is 1. The van der Waals surface area contributed by atoms with Crippen LogP contribution in [0.3, 0.4) is 0 Å². The van der Waals surface area contributed by atoms with Crippen LogP contribution in [0.4, 0.5) is 10.3 Å². The van der Waals surface area contributed by atoms with Crippen molar-refractivity contribution in [1.29, 1.82) is 0 Å². The summed E-state index contributed by atoms with van der Waals surface area (Å²) < 4.78 is 12.6. The summed E-state index contributed by atoms with van der Waals surface area (Å²) in [6, 6.07) is 5.12. The maximum absolute atomic E-state index is 12.6. The van der Waals surface area contributed by atoms with Crippen LogP contribution < -0.4 is 5.32 Å². The van der Waals surface area contributed by atoms with Gasteiger partial charge in [-0.15, -0.1) is 9.90 Å². The highest BCUT2D eigenvalue weighted by Crippen LogP contribution is 2.05. The Morgan fingerprint density at radius 1 is 1.41 bits per heavy atom. The summed E-state index contributed by atoms with van der Waals surface area (Å²) in [5.74, 6) is -0.787. The largest absolute Gasteiger partial charge is 0.288 e. The van der Waals surface area contributed by atoms with Gasteiger partial charge in [-0.2, -0.15) is 0 Å². The minimum Gasteiger partial charge on any atom is -0.288 e. The first kappa shape index (κ1) is 10.9. The average molecular weight is 233 g/mol. The lowest BCUT2D eigenvalue weighted by Crippen LogP contribution is -2.13. The summed E-state index contributed by atoms with van der Waals surface area (Å²) in [6.07, 6.45) is 1.33. The molecule has 0 saturated heterocycles. The molecule has 0 aliphatic rings. The van der Waals surface area contributed by atoms with Crippen molar-refractivity contribution >= 4 is 18.1 Å². The molecule has 86 valence electrons. The summed E-state index contributed by atoms with van der Waals surface area (Å²) in [5, 5.41) is 13.4. The van der Waals surface area contributed by atoms with E-state index in [-0.39, 0.29) is 5.95 Å². The van der Waals surface area contributed by atoms with Crippen LogP contribution in [-0.2, 0) is 0 Å². The molecule has 1 aromatic carbocycles. The number of nitrogens with one attached hydrogen (secondary N) is 1. The first-order valence-corrected chi connectivity index (χ1v) is 4.68. The molecule has 0 bridgehead atoms. The number of carbonyl (C=O) groups is 1. The maximum Gasteiger partial charge on any atom is 0.270 e. The van der Waals surface area contributed by atoms with Crippen LogP contribution >= 0.6 is 0 Å². The lowest BCUT2D eigenvalue weighted by atomic mass is 10.2. The number of carbonyl (C=O) groups excluding carboxylic acids is 1. The molecule has 1 heterocycles. The number of nitrogens with zero attached hydrogens (tertiary/aromatic N) is 4. The van der Waals surface area contributed by atoms with E-state index in [2.05, 4.69) is 27.3 Å². The van der Waals surface area contributed by atoms with Gasteiger partial charge in [-0.3, -0.25) is 10.1 Å². The second kappa shape index (κ2) is 4.52. The summed E-state index contributed by atoms with van der Waals surface area (Å²) >= 11 is 0. The maximum atomic E-state index is 12.6. The molecule has 1 amide bonds. The van der Waals surface area contributed by atoms with E-state index < -0.39 is 11.7 Å². The lowest BCUT2D eigenvalue weighted by molar-refractivity contribution is 0.102. The van der Waals surface area contributed by atoms with Gasteiger partial charge in [-0.1, -0.05) is 11.7 Å². The number of hydrogen-bond acceptors (Lipinski definition) is 4. The number of hydrogen-bond donors (Lipinski definition) is 1. The number of rotatable bonds is 3. The van der Waals surface area contributed by atoms with Gasteiger partial charge in [-0.05, 0) is 29.5 Å². The van der Waals surface area contributed by atoms with Gasteiger partial charge in [0.1, 0.15) is 5.82 Å². The van der Waals surface area contributed by atoms with E-state index in [0.29, 0.717) is 5.56 Å². The second-order valence-electron chi connectivity index (χ2n) is 3.08. The highest BCUT2D eigenvalue weighted by Gasteiger charge is 2.09. The molecule has 0 atom stereocenters. The van der Waals surface area contributed by atoms with Gasteiger partial charge in [0.15, 0.2) is 0 Å². The number of anilines is 1. The van der Waals surface area contributed by atoms with Crippen LogP contribution in [-0.4, -0.2) is 26.1 Å². The van der Waals surface area contributed by atoms with Gasteiger partial charge in [0.2, 0.25) is 0 Å². The molecule has 0 aliphatic heterocycles. The highest BCUT2D eigenvalue weighted by atomic mass is 19.1. The van der Waals surface area contributed by atoms with E-state index >= 15 is 0 Å². The van der Waals surface area contributed by atoms with Crippen molar-refractivity contribution in [2.24, 2.45) is 0 Å². The Morgan fingerprint density at radius 2 is 2.12 bits per heavy atom. The fourth-order valence-electron chi connectivity index (χ4n) is 1.13. The zero-order valence-electron chi connectivity index (χ0n) is 8.67. The van der Waals surface area contributed by atoms with E-state index in [0.717, 1.165) is 4.80 Å². The normalized spacial score (nSPS) is 9.94.